The maximum atomic E-state index is 7.39. The molecule has 0 bridgehead atoms. The van der Waals surface area contributed by atoms with Gasteiger partial charge < -0.3 is 0 Å². The van der Waals surface area contributed by atoms with Gasteiger partial charge in [-0.25, -0.2) is 0 Å². The van der Waals surface area contributed by atoms with Crippen LogP contribution in [0.3, 0.4) is 0 Å². The van der Waals surface area contributed by atoms with E-state index in [4.69, 9.17) is 5.26 Å². The van der Waals surface area contributed by atoms with Gasteiger partial charge in [0.05, 0.1) is 0 Å². The van der Waals surface area contributed by atoms with Gasteiger partial charge in [-0.1, -0.05) is 0 Å². The fourth-order valence-corrected chi connectivity index (χ4v) is 0. The number of nitriles is 1. The van der Waals surface area contributed by atoms with Crippen LogP contribution >= 0.6 is 0 Å². The molecule has 0 saturated heterocycles. The molecule has 0 aromatic carbocycles. The molecule has 0 N–H and O–H groups in total. The molecule has 0 unspecified atom stereocenters. The van der Waals surface area contributed by atoms with Crippen LogP contribution in [0.1, 0.15) is 0 Å². The second-order valence-electron chi connectivity index (χ2n) is 0.256. The standard InChI is InChI=1S/C3HN.Po.2H/c1-2-3-4;;;/h1H;;;. The summed E-state index contributed by atoms with van der Waals surface area (Å²) in [6, 6.07) is 1.46. The van der Waals surface area contributed by atoms with Gasteiger partial charge in [0, 0.05) is 5.92 Å². The fourth-order valence-electron chi connectivity index (χ4n) is 0. The van der Waals surface area contributed by atoms with Gasteiger partial charge in [0.1, 0.15) is 0 Å². The van der Waals surface area contributed by atoms with Crippen molar-refractivity contribution in [3.05, 3.63) is 0 Å². The molecule has 26 valence electrons. The van der Waals surface area contributed by atoms with Crippen molar-refractivity contribution in [3.63, 3.8) is 0 Å². The van der Waals surface area contributed by atoms with Gasteiger partial charge in [-0.2, -0.15) is 5.26 Å². The molecule has 0 aliphatic carbocycles. The summed E-state index contributed by atoms with van der Waals surface area (Å²) in [4.78, 5) is 0. The number of nitrogens with zero attached hydrogens (tertiary/aromatic N) is 1. The van der Waals surface area contributed by atoms with E-state index in [1.54, 1.807) is 5.92 Å². The molecule has 0 saturated carbocycles. The van der Waals surface area contributed by atoms with Crippen LogP contribution in [-0.2, 0) is 0 Å². The molecule has 0 spiro atoms. The quantitative estimate of drug-likeness (QED) is 0.526. The Morgan fingerprint density at radius 3 is 1.80 bits per heavy atom. The van der Waals surface area contributed by atoms with E-state index in [1.807, 2.05) is 0 Å². The molecule has 0 heterocycles. The Labute approximate surface area is 50.5 Å². The van der Waals surface area contributed by atoms with Gasteiger partial charge in [0.2, 0.25) is 0 Å². The molecule has 0 fully saturated rings. The molecule has 0 aromatic heterocycles. The Kier molecular flexibility index (Phi) is 16.0. The monoisotopic (exact) mass is 262 g/mol. The summed E-state index contributed by atoms with van der Waals surface area (Å²) in [5.74, 6) is 1.74. The zero-order chi connectivity index (χ0) is 3.41. The van der Waals surface area contributed by atoms with Crippen LogP contribution in [-0.4, -0.2) is 26.6 Å². The van der Waals surface area contributed by atoms with E-state index < -0.39 is 0 Å². The zero-order valence-electron chi connectivity index (χ0n) is 2.52. The number of hydrogen-bond donors (Lipinski definition) is 0. The predicted octanol–water partition coefficient (Wildman–Crippen LogP) is -0.773. The van der Waals surface area contributed by atoms with E-state index in [0.717, 1.165) is 0 Å². The van der Waals surface area contributed by atoms with Crippen molar-refractivity contribution in [1.29, 1.82) is 5.26 Å². The van der Waals surface area contributed by atoms with Crippen LogP contribution < -0.4 is 0 Å². The van der Waals surface area contributed by atoms with Crippen molar-refractivity contribution in [1.82, 2.24) is 0 Å². The number of hydrogen-bond acceptors (Lipinski definition) is 1. The minimum atomic E-state index is 0. The summed E-state index contributed by atoms with van der Waals surface area (Å²) >= 11 is 0. The third-order valence-corrected chi connectivity index (χ3v) is 0.0645. The average Bonchev–Trinajstić information content (AvgIpc) is 1.37. The van der Waals surface area contributed by atoms with Gasteiger partial charge in [-0.05, 0) is 0 Å². The second-order valence-corrected chi connectivity index (χ2v) is 0.256. The molecule has 5 heavy (non-hydrogen) atoms. The normalized spacial score (nSPS) is 2.00. The van der Waals surface area contributed by atoms with Crippen molar-refractivity contribution in [2.75, 3.05) is 0 Å². The Hall–Kier alpha value is -0.0539. The van der Waals surface area contributed by atoms with Crippen molar-refractivity contribution in [3.8, 4) is 18.4 Å². The molecule has 0 aromatic rings. The second kappa shape index (κ2) is 9.04. The van der Waals surface area contributed by atoms with Crippen LogP contribution in [0.25, 0.3) is 0 Å². The van der Waals surface area contributed by atoms with Crippen molar-refractivity contribution in [2.45, 2.75) is 0 Å². The SMILES string of the molecule is C#CC#N.[PoH2]. The zero-order valence-corrected chi connectivity index (χ0v) is 6.41. The summed E-state index contributed by atoms with van der Waals surface area (Å²) in [5, 5.41) is 7.39. The first-order valence-electron chi connectivity index (χ1n) is 0.762. The van der Waals surface area contributed by atoms with E-state index in [2.05, 4.69) is 6.42 Å². The Morgan fingerprint density at radius 2 is 1.80 bits per heavy atom. The Morgan fingerprint density at radius 1 is 1.60 bits per heavy atom. The van der Waals surface area contributed by atoms with Crippen molar-refractivity contribution in [2.24, 2.45) is 0 Å². The van der Waals surface area contributed by atoms with Crippen molar-refractivity contribution < 1.29 is 0 Å². The molecule has 1 nitrogen and oxygen atoms in total. The summed E-state index contributed by atoms with van der Waals surface area (Å²) in [5.41, 5.74) is 0. The van der Waals surface area contributed by atoms with E-state index in [9.17, 15) is 0 Å². The minimum absolute atomic E-state index is 0. The average molecular weight is 262 g/mol. The molecular formula is C3H3NPo. The summed E-state index contributed by atoms with van der Waals surface area (Å²) in [6.07, 6.45) is 4.42. The van der Waals surface area contributed by atoms with Crippen LogP contribution in [0, 0.1) is 23.7 Å². The maximum absolute atomic E-state index is 7.39. The van der Waals surface area contributed by atoms with Crippen LogP contribution in [0.15, 0.2) is 0 Å². The molecule has 0 rings (SSSR count). The topological polar surface area (TPSA) is 23.8 Å². The molecule has 0 atom stereocenters. The first kappa shape index (κ1) is 8.87. The van der Waals surface area contributed by atoms with E-state index in [1.165, 1.54) is 6.07 Å². The molecule has 0 aliphatic rings. The van der Waals surface area contributed by atoms with E-state index in [-0.39, 0.29) is 26.6 Å². The van der Waals surface area contributed by atoms with Crippen molar-refractivity contribution >= 4 is 26.6 Å². The van der Waals surface area contributed by atoms with Gasteiger partial charge in [0.25, 0.3) is 0 Å². The third kappa shape index (κ3) is 16.7. The molecule has 0 amide bonds. The molecule has 0 radical (unpaired) electrons. The van der Waals surface area contributed by atoms with E-state index in [0.29, 0.717) is 0 Å². The van der Waals surface area contributed by atoms with Crippen LogP contribution in [0.2, 0.25) is 0 Å². The Balaban J connectivity index is 0. The van der Waals surface area contributed by atoms with Gasteiger partial charge in [-0.3, -0.25) is 0 Å². The van der Waals surface area contributed by atoms with Crippen LogP contribution in [0.5, 0.6) is 0 Å². The fraction of sp³-hybridized carbons (Fsp3) is 0. The summed E-state index contributed by atoms with van der Waals surface area (Å²) < 4.78 is 0. The van der Waals surface area contributed by atoms with Gasteiger partial charge in [0.15, 0.2) is 6.07 Å². The molecule has 2 heteroatoms. The first-order chi connectivity index (χ1) is 1.91. The predicted molar refractivity (Wildman–Crippen MR) is 23.0 cm³/mol. The number of rotatable bonds is 0. The third-order valence-electron chi connectivity index (χ3n) is 0.0645. The van der Waals surface area contributed by atoms with Gasteiger partial charge in [-0.15, -0.1) is 6.42 Å². The summed E-state index contributed by atoms with van der Waals surface area (Å²) in [7, 11) is 0. The Bertz CT molecular complexity index is 61.9. The molecular weight excluding hydrogens is 259 g/mol. The van der Waals surface area contributed by atoms with E-state index >= 15 is 0 Å². The van der Waals surface area contributed by atoms with Crippen LogP contribution in [0.4, 0.5) is 0 Å². The number of terminal acetylenes is 1. The van der Waals surface area contributed by atoms with Gasteiger partial charge >= 0.3 is 26.6 Å². The first-order valence-corrected chi connectivity index (χ1v) is 0.762. The summed E-state index contributed by atoms with van der Waals surface area (Å²) in [6.45, 7) is 0. The molecule has 0 aliphatic heterocycles.